The lowest BCUT2D eigenvalue weighted by molar-refractivity contribution is -0.551. The lowest BCUT2D eigenvalue weighted by atomic mass is 9.81. The summed E-state index contributed by atoms with van der Waals surface area (Å²) in [6.07, 6.45) is -4.06. The molecule has 0 aliphatic heterocycles. The summed E-state index contributed by atoms with van der Waals surface area (Å²) in [5, 5.41) is 0. The molecule has 0 aliphatic carbocycles. The molecule has 434 valence electrons. The van der Waals surface area contributed by atoms with Crippen LogP contribution in [0.2, 0.25) is 0 Å². The minimum Gasteiger partial charge on any atom is -0.450 e. The van der Waals surface area contributed by atoms with Crippen molar-refractivity contribution in [2.45, 2.75) is 132 Å². The molecule has 0 rings (SSSR count). The Bertz CT molecular complexity index is 2660. The summed E-state index contributed by atoms with van der Waals surface area (Å²) in [4.78, 5) is 178. The maximum Gasteiger partial charge on any atom is 0.516 e. The van der Waals surface area contributed by atoms with Gasteiger partial charge in [-0.05, 0) is 89.5 Å². The second-order valence-electron chi connectivity index (χ2n) is 18.0. The molecule has 0 bridgehead atoms. The van der Waals surface area contributed by atoms with Crippen molar-refractivity contribution in [2.75, 3.05) is 0 Å². The zero-order chi connectivity index (χ0) is 63.1. The summed E-state index contributed by atoms with van der Waals surface area (Å²) in [6, 6.07) is 0. The molecule has 0 aromatic heterocycles. The van der Waals surface area contributed by atoms with E-state index in [4.69, 9.17) is 56.8 Å². The molecule has 0 saturated heterocycles. The minimum atomic E-state index is -5.51. The molecule has 80 heavy (non-hydrogen) atoms. The van der Waals surface area contributed by atoms with Crippen LogP contribution in [-0.4, -0.2) is 107 Å². The maximum absolute atomic E-state index is 15.2. The second kappa shape index (κ2) is 27.7. The highest BCUT2D eigenvalue weighted by Gasteiger charge is 2.98. The highest BCUT2D eigenvalue weighted by molar-refractivity contribution is 5.96. The van der Waals surface area contributed by atoms with Gasteiger partial charge in [0.1, 0.15) is 0 Å². The van der Waals surface area contributed by atoms with Gasteiger partial charge >= 0.3 is 101 Å². The zero-order valence-corrected chi connectivity index (χ0v) is 47.1. The van der Waals surface area contributed by atoms with E-state index >= 15 is 28.8 Å². The first-order valence-electron chi connectivity index (χ1n) is 23.0. The molecule has 1 atom stereocenters. The molecular formula is C56H66O24. The maximum atomic E-state index is 15.2. The van der Waals surface area contributed by atoms with Crippen molar-refractivity contribution in [1.82, 2.24) is 0 Å². The van der Waals surface area contributed by atoms with E-state index in [2.05, 4.69) is 78.9 Å². The Balaban J connectivity index is 13.1. The van der Waals surface area contributed by atoms with E-state index in [0.717, 1.165) is 90.0 Å². The number of carbonyl (C=O) groups excluding carboxylic acids is 12. The van der Waals surface area contributed by atoms with E-state index < -0.39 is 180 Å². The van der Waals surface area contributed by atoms with Crippen molar-refractivity contribution in [3.05, 3.63) is 146 Å². The highest BCUT2D eigenvalue weighted by Crippen LogP contribution is 2.59. The Hall–Kier alpha value is -9.48. The summed E-state index contributed by atoms with van der Waals surface area (Å²) in [5.41, 5.74) is -10.5. The smallest absolute Gasteiger partial charge is 0.450 e. The van der Waals surface area contributed by atoms with Crippen LogP contribution >= 0.6 is 0 Å². The van der Waals surface area contributed by atoms with Gasteiger partial charge in [-0.25, -0.2) is 57.5 Å². The Morgan fingerprint density at radius 3 is 0.637 bits per heavy atom. The third-order valence-electron chi connectivity index (χ3n) is 9.54. The SMILES string of the molecule is C=C(C)C(=O)OC(CC)C(OC(=O)C(=C)C)(OC(=O)C(=C)C)C(OC(=O)C(=C)C)(OC(=O)C(=C)C)C(OC(=O)C(=C)C)(OC(=O)C(=C)C)C(OC(=O)C(=C)C)(OC(=O)C(=C)C)C(OC(=O)C(=C)C)(OC(=O)C(=C)C)OC(=O)C(=C)C. The zero-order valence-electron chi connectivity index (χ0n) is 47.1. The van der Waals surface area contributed by atoms with Gasteiger partial charge in [0.25, 0.3) is 0 Å². The summed E-state index contributed by atoms with van der Waals surface area (Å²) in [7, 11) is 0. The number of esters is 12. The average Bonchev–Trinajstić information content (AvgIpc) is 3.33. The first-order chi connectivity index (χ1) is 36.4. The highest BCUT2D eigenvalue weighted by atomic mass is 17.0. The van der Waals surface area contributed by atoms with E-state index in [1.54, 1.807) is 0 Å². The van der Waals surface area contributed by atoms with Crippen LogP contribution in [-0.2, 0) is 114 Å². The molecule has 1 unspecified atom stereocenters. The Kier molecular flexibility index (Phi) is 24.4. The van der Waals surface area contributed by atoms with Crippen molar-refractivity contribution >= 4 is 71.6 Å². The van der Waals surface area contributed by atoms with Gasteiger partial charge < -0.3 is 56.8 Å². The number of ether oxygens (including phenoxy) is 12. The molecule has 0 spiro atoms. The van der Waals surface area contributed by atoms with E-state index in [-0.39, 0.29) is 0 Å². The van der Waals surface area contributed by atoms with Crippen LogP contribution < -0.4 is 0 Å². The van der Waals surface area contributed by atoms with Gasteiger partial charge in [-0.15, -0.1) is 0 Å². The molecule has 0 heterocycles. The fourth-order valence-corrected chi connectivity index (χ4v) is 5.32. The number of hydrogen-bond acceptors (Lipinski definition) is 24. The van der Waals surface area contributed by atoms with Crippen molar-refractivity contribution in [1.29, 1.82) is 0 Å². The van der Waals surface area contributed by atoms with Crippen molar-refractivity contribution in [2.24, 2.45) is 0 Å². The third kappa shape index (κ3) is 15.6. The topological polar surface area (TPSA) is 316 Å². The van der Waals surface area contributed by atoms with Crippen LogP contribution in [0.25, 0.3) is 0 Å². The summed E-state index contributed by atoms with van der Waals surface area (Å²) in [6.45, 7) is 53.0. The molecular weight excluding hydrogens is 1060 g/mol. The summed E-state index contributed by atoms with van der Waals surface area (Å²) in [5.74, 6) is -50.5. The Morgan fingerprint density at radius 2 is 0.438 bits per heavy atom. The summed E-state index contributed by atoms with van der Waals surface area (Å²) < 4.78 is 71.0. The molecule has 0 aliphatic rings. The lowest BCUT2D eigenvalue weighted by Gasteiger charge is -2.58. The fourth-order valence-electron chi connectivity index (χ4n) is 5.32. The monoisotopic (exact) mass is 1120 g/mol. The Labute approximate surface area is 462 Å². The van der Waals surface area contributed by atoms with Crippen LogP contribution in [0.15, 0.2) is 146 Å². The van der Waals surface area contributed by atoms with Crippen LogP contribution in [0.1, 0.15) is 96.4 Å². The van der Waals surface area contributed by atoms with Crippen molar-refractivity contribution < 1.29 is 114 Å². The number of hydrogen-bond donors (Lipinski definition) is 0. The third-order valence-corrected chi connectivity index (χ3v) is 9.54. The summed E-state index contributed by atoms with van der Waals surface area (Å²) >= 11 is 0. The van der Waals surface area contributed by atoms with Gasteiger partial charge in [0, 0.05) is 66.9 Å². The van der Waals surface area contributed by atoms with Crippen molar-refractivity contribution in [3.63, 3.8) is 0 Å². The number of carbonyl (C=O) groups is 12. The molecule has 24 nitrogen and oxygen atoms in total. The Morgan fingerprint density at radius 1 is 0.263 bits per heavy atom. The molecule has 0 aromatic carbocycles. The lowest BCUT2D eigenvalue weighted by Crippen LogP contribution is -2.89. The predicted molar refractivity (Wildman–Crippen MR) is 279 cm³/mol. The quantitative estimate of drug-likeness (QED) is 0.0315. The van der Waals surface area contributed by atoms with Gasteiger partial charge in [-0.2, -0.15) is 0 Å². The molecule has 0 N–H and O–H groups in total. The largest absolute Gasteiger partial charge is 0.516 e. The van der Waals surface area contributed by atoms with Crippen LogP contribution in [0.4, 0.5) is 0 Å². The normalized spacial score (nSPS) is 11.5. The molecule has 0 fully saturated rings. The number of rotatable bonds is 30. The van der Waals surface area contributed by atoms with E-state index in [1.165, 1.54) is 0 Å². The van der Waals surface area contributed by atoms with Gasteiger partial charge in [0.05, 0.1) is 0 Å². The standard InChI is InChI=1S/C56H66O24/c1-26-39(69-40(57)27(2)3)52(70-41(58)28(4)5,71-42(59)29(6)7)53(72-43(60)30(8)9,73-44(61)31(10)11)54(74-45(62)32(12)13,75-46(63)33(14)15)55(76-47(64)34(16)17,77-48(65)35(18)19)56(78-49(66)36(20)21,79-50(67)37(22)23)80-51(68)38(24)25/h39H,2,4,6,8,10,12,14,16,18,20,22,24,26H2,1,3,5,7,9,11,13,15,17,19,21,23,25H3. The first-order valence-corrected chi connectivity index (χ1v) is 23.0. The minimum absolute atomic E-state index is 0.573. The van der Waals surface area contributed by atoms with Gasteiger partial charge in [0.2, 0.25) is 0 Å². The van der Waals surface area contributed by atoms with Crippen LogP contribution in [0, 0.1) is 0 Å². The second-order valence-corrected chi connectivity index (χ2v) is 18.0. The molecule has 0 radical (unpaired) electrons. The van der Waals surface area contributed by atoms with E-state index in [1.807, 2.05) is 0 Å². The van der Waals surface area contributed by atoms with Gasteiger partial charge in [-0.3, -0.25) is 0 Å². The van der Waals surface area contributed by atoms with Crippen LogP contribution in [0.5, 0.6) is 0 Å². The van der Waals surface area contributed by atoms with Gasteiger partial charge in [-0.1, -0.05) is 85.9 Å². The van der Waals surface area contributed by atoms with E-state index in [0.29, 0.717) is 0 Å². The first kappa shape index (κ1) is 70.5. The van der Waals surface area contributed by atoms with Crippen LogP contribution in [0.3, 0.4) is 0 Å². The predicted octanol–water partition coefficient (Wildman–Crippen LogP) is 6.64. The van der Waals surface area contributed by atoms with E-state index in [9.17, 15) is 28.8 Å². The molecule has 24 heteroatoms. The van der Waals surface area contributed by atoms with Crippen molar-refractivity contribution in [3.8, 4) is 0 Å². The van der Waals surface area contributed by atoms with Gasteiger partial charge in [0.15, 0.2) is 6.10 Å². The molecule has 0 amide bonds. The average molecular weight is 1120 g/mol. The molecule has 0 aromatic rings. The fraction of sp³-hybridized carbons (Fsp3) is 0.357. The molecule has 0 saturated carbocycles.